The van der Waals surface area contributed by atoms with Gasteiger partial charge in [0, 0.05) is 18.0 Å². The molecule has 2 N–H and O–H groups in total. The lowest BCUT2D eigenvalue weighted by Gasteiger charge is -2.27. The van der Waals surface area contributed by atoms with E-state index in [1.165, 1.54) is 0 Å². The van der Waals surface area contributed by atoms with Gasteiger partial charge in [-0.25, -0.2) is 0 Å². The fourth-order valence-corrected chi connectivity index (χ4v) is 3.54. The van der Waals surface area contributed by atoms with Gasteiger partial charge >= 0.3 is 0 Å². The van der Waals surface area contributed by atoms with Crippen LogP contribution in [0.1, 0.15) is 38.7 Å². The molecule has 2 atom stereocenters. The Morgan fingerprint density at radius 3 is 3.00 bits per heavy atom. The molecule has 5 nitrogen and oxygen atoms in total. The molecule has 2 unspecified atom stereocenters. The predicted octanol–water partition coefficient (Wildman–Crippen LogP) is 2.50. The largest absolute Gasteiger partial charge is 0.482 e. The van der Waals surface area contributed by atoms with E-state index in [1.54, 1.807) is 0 Å². The highest BCUT2D eigenvalue weighted by molar-refractivity contribution is 5.95. The van der Waals surface area contributed by atoms with Gasteiger partial charge in [0.1, 0.15) is 12.0 Å². The number of carbonyl (C=O) groups excluding carboxylic acids is 2. The summed E-state index contributed by atoms with van der Waals surface area (Å²) in [5.41, 5.74) is 1.68. The Balaban J connectivity index is 1.59. The summed E-state index contributed by atoms with van der Waals surface area (Å²) in [6, 6.07) is 6.21. The topological polar surface area (TPSA) is 67.4 Å². The maximum atomic E-state index is 11.5. The van der Waals surface area contributed by atoms with Crippen LogP contribution in [-0.4, -0.2) is 24.8 Å². The van der Waals surface area contributed by atoms with Crippen molar-refractivity contribution in [3.05, 3.63) is 23.8 Å². The van der Waals surface area contributed by atoms with Gasteiger partial charge in [-0.3, -0.25) is 4.79 Å². The zero-order valence-electron chi connectivity index (χ0n) is 13.7. The van der Waals surface area contributed by atoms with Crippen LogP contribution in [-0.2, 0) is 16.1 Å². The average Bonchev–Trinajstić information content (AvgIpc) is 2.98. The van der Waals surface area contributed by atoms with Gasteiger partial charge in [-0.1, -0.05) is 19.9 Å². The van der Waals surface area contributed by atoms with Crippen LogP contribution < -0.4 is 15.4 Å². The molecule has 0 saturated heterocycles. The summed E-state index contributed by atoms with van der Waals surface area (Å²) in [4.78, 5) is 22.8. The molecule has 1 heterocycles. The van der Waals surface area contributed by atoms with Gasteiger partial charge in [-0.05, 0) is 42.9 Å². The van der Waals surface area contributed by atoms with Gasteiger partial charge in [0.05, 0.1) is 5.69 Å². The van der Waals surface area contributed by atoms with Crippen molar-refractivity contribution in [2.75, 3.05) is 11.9 Å². The molecule has 5 heteroatoms. The number of benzene rings is 1. The van der Waals surface area contributed by atoms with Crippen LogP contribution in [0.2, 0.25) is 0 Å². The smallest absolute Gasteiger partial charge is 0.262 e. The monoisotopic (exact) mass is 316 g/mol. The first-order valence-corrected chi connectivity index (χ1v) is 8.28. The number of carbonyl (C=O) groups is 2. The molecule has 23 heavy (non-hydrogen) atoms. The number of aldehydes is 1. The predicted molar refractivity (Wildman–Crippen MR) is 88.4 cm³/mol. The SMILES string of the molecule is CC(C)C1(C=O)CCC(NCc2ccc3c(c2)OCC(=O)N3)C1. The summed E-state index contributed by atoms with van der Waals surface area (Å²) >= 11 is 0. The second-order valence-electron chi connectivity index (χ2n) is 6.99. The highest BCUT2D eigenvalue weighted by atomic mass is 16.5. The van der Waals surface area contributed by atoms with Crippen molar-refractivity contribution in [2.45, 2.75) is 45.7 Å². The Morgan fingerprint density at radius 1 is 1.48 bits per heavy atom. The summed E-state index contributed by atoms with van der Waals surface area (Å²) in [5, 5.41) is 6.35. The summed E-state index contributed by atoms with van der Waals surface area (Å²) in [6.45, 7) is 5.07. The Kier molecular flexibility index (Phi) is 4.39. The van der Waals surface area contributed by atoms with Crippen molar-refractivity contribution in [3.8, 4) is 5.75 Å². The normalized spacial score (nSPS) is 26.6. The number of ether oxygens (including phenoxy) is 1. The van der Waals surface area contributed by atoms with E-state index >= 15 is 0 Å². The van der Waals surface area contributed by atoms with Crippen LogP contribution in [0.4, 0.5) is 5.69 Å². The maximum Gasteiger partial charge on any atom is 0.262 e. The zero-order chi connectivity index (χ0) is 16.4. The zero-order valence-corrected chi connectivity index (χ0v) is 13.7. The van der Waals surface area contributed by atoms with Crippen LogP contribution >= 0.6 is 0 Å². The van der Waals surface area contributed by atoms with E-state index in [-0.39, 0.29) is 17.9 Å². The first kappa shape index (κ1) is 16.0. The van der Waals surface area contributed by atoms with Crippen LogP contribution in [0.3, 0.4) is 0 Å². The number of fused-ring (bicyclic) bond motifs is 1. The van der Waals surface area contributed by atoms with E-state index in [1.807, 2.05) is 18.2 Å². The van der Waals surface area contributed by atoms with E-state index in [0.717, 1.165) is 49.1 Å². The molecule has 0 spiro atoms. The molecule has 0 bridgehead atoms. The summed E-state index contributed by atoms with van der Waals surface area (Å²) in [5.74, 6) is 0.987. The third-order valence-electron chi connectivity index (χ3n) is 5.24. The second kappa shape index (κ2) is 6.32. The second-order valence-corrected chi connectivity index (χ2v) is 6.99. The van der Waals surface area contributed by atoms with Gasteiger partial charge in [0.2, 0.25) is 0 Å². The minimum atomic E-state index is -0.166. The Labute approximate surface area is 136 Å². The molecule has 1 aliphatic heterocycles. The number of hydrogen-bond acceptors (Lipinski definition) is 4. The third-order valence-corrected chi connectivity index (χ3v) is 5.24. The number of hydrogen-bond donors (Lipinski definition) is 2. The van der Waals surface area contributed by atoms with E-state index in [4.69, 9.17) is 4.74 Å². The lowest BCUT2D eigenvalue weighted by molar-refractivity contribution is -0.119. The molecule has 1 aromatic carbocycles. The van der Waals surface area contributed by atoms with Crippen LogP contribution in [0.15, 0.2) is 18.2 Å². The molecule has 3 rings (SSSR count). The number of nitrogens with one attached hydrogen (secondary N) is 2. The van der Waals surface area contributed by atoms with Crippen molar-refractivity contribution in [1.82, 2.24) is 5.32 Å². The van der Waals surface area contributed by atoms with Gasteiger partial charge in [-0.2, -0.15) is 0 Å². The quantitative estimate of drug-likeness (QED) is 0.819. The van der Waals surface area contributed by atoms with Crippen LogP contribution in [0.5, 0.6) is 5.75 Å². The first-order chi connectivity index (χ1) is 11.0. The third kappa shape index (κ3) is 3.24. The number of rotatable bonds is 5. The van der Waals surface area contributed by atoms with Gasteiger partial charge in [0.15, 0.2) is 6.61 Å². The highest BCUT2D eigenvalue weighted by Gasteiger charge is 2.41. The molecule has 0 radical (unpaired) electrons. The van der Waals surface area contributed by atoms with E-state index in [9.17, 15) is 9.59 Å². The molecule has 1 amide bonds. The van der Waals surface area contributed by atoms with Crippen molar-refractivity contribution in [3.63, 3.8) is 0 Å². The molecule has 1 fully saturated rings. The van der Waals surface area contributed by atoms with Crippen molar-refractivity contribution in [2.24, 2.45) is 11.3 Å². The highest BCUT2D eigenvalue weighted by Crippen LogP contribution is 2.42. The molecule has 1 saturated carbocycles. The standard InChI is InChI=1S/C18H24N2O3/c1-12(2)18(11-21)6-5-14(8-18)19-9-13-3-4-15-16(7-13)23-10-17(22)20-15/h3-4,7,11-12,14,19H,5-6,8-10H2,1-2H3,(H,20,22). The number of anilines is 1. The van der Waals surface area contributed by atoms with Crippen molar-refractivity contribution in [1.29, 1.82) is 0 Å². The number of amides is 1. The Hall–Kier alpha value is -1.88. The van der Waals surface area contributed by atoms with E-state index < -0.39 is 0 Å². The van der Waals surface area contributed by atoms with E-state index in [2.05, 4.69) is 24.5 Å². The molecule has 2 aliphatic rings. The van der Waals surface area contributed by atoms with Gasteiger partial charge in [-0.15, -0.1) is 0 Å². The molecule has 1 aromatic rings. The van der Waals surface area contributed by atoms with Crippen LogP contribution in [0.25, 0.3) is 0 Å². The molecule has 1 aliphatic carbocycles. The minimum Gasteiger partial charge on any atom is -0.482 e. The van der Waals surface area contributed by atoms with Crippen molar-refractivity contribution >= 4 is 17.9 Å². The molecular formula is C18H24N2O3. The van der Waals surface area contributed by atoms with Gasteiger partial charge in [0.25, 0.3) is 5.91 Å². The van der Waals surface area contributed by atoms with Crippen molar-refractivity contribution < 1.29 is 14.3 Å². The molecule has 0 aromatic heterocycles. The summed E-state index contributed by atoms with van der Waals surface area (Å²) < 4.78 is 5.44. The maximum absolute atomic E-state index is 11.5. The molecule has 124 valence electrons. The Bertz CT molecular complexity index is 614. The lowest BCUT2D eigenvalue weighted by atomic mass is 9.77. The fourth-order valence-electron chi connectivity index (χ4n) is 3.54. The molecular weight excluding hydrogens is 292 g/mol. The first-order valence-electron chi connectivity index (χ1n) is 8.28. The average molecular weight is 316 g/mol. The van der Waals surface area contributed by atoms with Crippen LogP contribution in [0, 0.1) is 11.3 Å². The minimum absolute atomic E-state index is 0.0722. The summed E-state index contributed by atoms with van der Waals surface area (Å²) in [6.07, 6.45) is 4.07. The fraction of sp³-hybridized carbons (Fsp3) is 0.556. The van der Waals surface area contributed by atoms with E-state index in [0.29, 0.717) is 12.0 Å². The van der Waals surface area contributed by atoms with Gasteiger partial charge < -0.3 is 20.2 Å². The Morgan fingerprint density at radius 2 is 2.30 bits per heavy atom. The lowest BCUT2D eigenvalue weighted by Crippen LogP contribution is -2.31. The summed E-state index contributed by atoms with van der Waals surface area (Å²) in [7, 11) is 0.